The van der Waals surface area contributed by atoms with Crippen molar-refractivity contribution in [2.24, 2.45) is 5.73 Å². The fourth-order valence-electron chi connectivity index (χ4n) is 3.15. The van der Waals surface area contributed by atoms with Crippen LogP contribution >= 0.6 is 15.9 Å². The lowest BCUT2D eigenvalue weighted by atomic mass is 9.94. The van der Waals surface area contributed by atoms with Gasteiger partial charge in [0.05, 0.1) is 7.11 Å². The maximum absolute atomic E-state index is 12.4. The Morgan fingerprint density at radius 3 is 2.59 bits per heavy atom. The lowest BCUT2D eigenvalue weighted by Crippen LogP contribution is -2.45. The normalized spacial score (nSPS) is 16.0. The van der Waals surface area contributed by atoms with Crippen molar-refractivity contribution >= 4 is 33.6 Å². The molecule has 1 saturated heterocycles. The number of nitrogens with one attached hydrogen (secondary N) is 2. The quantitative estimate of drug-likeness (QED) is 0.586. The van der Waals surface area contributed by atoms with Crippen molar-refractivity contribution in [3.05, 3.63) is 28.2 Å². The van der Waals surface area contributed by atoms with E-state index in [-0.39, 0.29) is 18.5 Å². The zero-order chi connectivity index (χ0) is 22.0. The standard InChI is InChI=1S/C18H27BrN4O3.C3H8/c1-18(2,20)14-7-6-12(19)9-15(14)21-10-13-5-4-8-23(13)16(24)11-22-17(25)26-3;1-3-2/h6-7,9,13,21H,4-5,8,10-11,20H2,1-3H3,(H,22,25);3H2,1-2H3/t13-;/m0./s1. The topological polar surface area (TPSA) is 96.7 Å². The summed E-state index contributed by atoms with van der Waals surface area (Å²) in [4.78, 5) is 25.3. The Morgan fingerprint density at radius 2 is 2.00 bits per heavy atom. The molecule has 2 amide bonds. The van der Waals surface area contributed by atoms with Crippen LogP contribution in [0.4, 0.5) is 10.5 Å². The molecule has 1 fully saturated rings. The summed E-state index contributed by atoms with van der Waals surface area (Å²) in [5.41, 5.74) is 7.78. The number of hydrogen-bond acceptors (Lipinski definition) is 5. The fraction of sp³-hybridized carbons (Fsp3) is 0.619. The van der Waals surface area contributed by atoms with Crippen LogP contribution in [0.2, 0.25) is 0 Å². The molecule has 0 bridgehead atoms. The van der Waals surface area contributed by atoms with E-state index in [0.717, 1.165) is 28.6 Å². The average Bonchev–Trinajstić information content (AvgIpc) is 3.12. The minimum atomic E-state index is -0.601. The molecule has 1 aliphatic heterocycles. The molecule has 0 radical (unpaired) electrons. The smallest absolute Gasteiger partial charge is 0.407 e. The highest BCUT2D eigenvalue weighted by Crippen LogP contribution is 2.29. The van der Waals surface area contributed by atoms with Crippen molar-refractivity contribution in [1.29, 1.82) is 0 Å². The van der Waals surface area contributed by atoms with E-state index in [1.54, 1.807) is 0 Å². The second-order valence-corrected chi connectivity index (χ2v) is 8.64. The van der Waals surface area contributed by atoms with Gasteiger partial charge in [-0.25, -0.2) is 4.79 Å². The number of benzene rings is 1. The molecule has 1 heterocycles. The van der Waals surface area contributed by atoms with Crippen molar-refractivity contribution in [3.8, 4) is 0 Å². The summed E-state index contributed by atoms with van der Waals surface area (Å²) >= 11 is 3.50. The first-order valence-electron chi connectivity index (χ1n) is 10.1. The van der Waals surface area contributed by atoms with E-state index in [0.29, 0.717) is 13.1 Å². The van der Waals surface area contributed by atoms with Crippen molar-refractivity contribution in [2.45, 2.75) is 58.5 Å². The van der Waals surface area contributed by atoms with Crippen LogP contribution < -0.4 is 16.4 Å². The molecule has 0 unspecified atom stereocenters. The molecule has 7 nitrogen and oxygen atoms in total. The first-order chi connectivity index (χ1) is 13.6. The predicted molar refractivity (Wildman–Crippen MR) is 121 cm³/mol. The number of nitrogens with two attached hydrogens (primary N) is 1. The molecule has 0 aromatic heterocycles. The van der Waals surface area contributed by atoms with E-state index < -0.39 is 11.6 Å². The second-order valence-electron chi connectivity index (χ2n) is 7.73. The SMILES string of the molecule is CCC.COC(=O)NCC(=O)N1CCC[C@H]1CNc1cc(Br)ccc1C(C)(C)N. The predicted octanol–water partition coefficient (Wildman–Crippen LogP) is 3.82. The zero-order valence-corrected chi connectivity index (χ0v) is 19.8. The Bertz CT molecular complexity index is 676. The maximum atomic E-state index is 12.4. The number of hydrogen-bond donors (Lipinski definition) is 3. The maximum Gasteiger partial charge on any atom is 0.407 e. The number of methoxy groups -OCH3 is 1. The minimum absolute atomic E-state index is 0.0544. The van der Waals surface area contributed by atoms with Crippen LogP contribution in [0.25, 0.3) is 0 Å². The highest BCUT2D eigenvalue weighted by molar-refractivity contribution is 9.10. The van der Waals surface area contributed by atoms with E-state index in [1.807, 2.05) is 36.9 Å². The number of rotatable bonds is 6. The molecule has 0 aliphatic carbocycles. The third-order valence-corrected chi connectivity index (χ3v) is 4.96. The second kappa shape index (κ2) is 12.0. The van der Waals surface area contributed by atoms with Gasteiger partial charge in [0.15, 0.2) is 0 Å². The molecule has 0 saturated carbocycles. The fourth-order valence-corrected chi connectivity index (χ4v) is 3.51. The largest absolute Gasteiger partial charge is 0.453 e. The van der Waals surface area contributed by atoms with Gasteiger partial charge in [0.25, 0.3) is 0 Å². The van der Waals surface area contributed by atoms with Crippen LogP contribution in [0, 0.1) is 0 Å². The van der Waals surface area contributed by atoms with E-state index in [2.05, 4.69) is 45.1 Å². The molecule has 1 aliphatic rings. The summed E-state index contributed by atoms with van der Waals surface area (Å²) in [5, 5.41) is 5.89. The number of alkyl carbamates (subject to hydrolysis) is 1. The summed E-state index contributed by atoms with van der Waals surface area (Å²) in [5.74, 6) is -0.103. The van der Waals surface area contributed by atoms with Gasteiger partial charge in [-0.1, -0.05) is 42.3 Å². The molecule has 29 heavy (non-hydrogen) atoms. The molecule has 1 aromatic carbocycles. The van der Waals surface area contributed by atoms with Gasteiger partial charge >= 0.3 is 6.09 Å². The third kappa shape index (κ3) is 8.22. The molecule has 1 atom stereocenters. The van der Waals surface area contributed by atoms with E-state index in [4.69, 9.17) is 5.73 Å². The molecule has 0 spiro atoms. The molecule has 4 N–H and O–H groups in total. The lowest BCUT2D eigenvalue weighted by molar-refractivity contribution is -0.130. The highest BCUT2D eigenvalue weighted by Gasteiger charge is 2.29. The van der Waals surface area contributed by atoms with Crippen LogP contribution in [-0.2, 0) is 15.1 Å². The van der Waals surface area contributed by atoms with Gasteiger partial charge in [0.1, 0.15) is 6.54 Å². The van der Waals surface area contributed by atoms with Crippen molar-refractivity contribution in [2.75, 3.05) is 32.1 Å². The van der Waals surface area contributed by atoms with Gasteiger partial charge in [0, 0.05) is 34.8 Å². The number of carbonyl (C=O) groups excluding carboxylic acids is 2. The Morgan fingerprint density at radius 1 is 1.34 bits per heavy atom. The third-order valence-electron chi connectivity index (χ3n) is 4.47. The van der Waals surface area contributed by atoms with Crippen LogP contribution in [0.15, 0.2) is 22.7 Å². The van der Waals surface area contributed by atoms with Crippen LogP contribution in [0.5, 0.6) is 0 Å². The lowest BCUT2D eigenvalue weighted by Gasteiger charge is -2.28. The Kier molecular flexibility index (Phi) is 10.5. The van der Waals surface area contributed by atoms with Gasteiger partial charge in [-0.15, -0.1) is 0 Å². The van der Waals surface area contributed by atoms with Gasteiger partial charge in [0.2, 0.25) is 5.91 Å². The molecular weight excluding hydrogens is 436 g/mol. The van der Waals surface area contributed by atoms with Gasteiger partial charge in [-0.2, -0.15) is 0 Å². The monoisotopic (exact) mass is 470 g/mol. The number of anilines is 1. The molecule has 164 valence electrons. The Balaban J connectivity index is 0.00000132. The first kappa shape index (κ1) is 25.2. The van der Waals surface area contributed by atoms with Gasteiger partial charge < -0.3 is 26.0 Å². The zero-order valence-electron chi connectivity index (χ0n) is 18.2. The summed E-state index contributed by atoms with van der Waals surface area (Å²) in [6.45, 7) is 9.45. The first-order valence-corrected chi connectivity index (χ1v) is 10.9. The number of halogens is 1. The summed E-state index contributed by atoms with van der Waals surface area (Å²) in [6, 6.07) is 6.06. The summed E-state index contributed by atoms with van der Waals surface area (Å²) in [6.07, 6.45) is 2.52. The number of nitrogens with zero attached hydrogens (tertiary/aromatic N) is 1. The highest BCUT2D eigenvalue weighted by atomic mass is 79.9. The van der Waals surface area contributed by atoms with E-state index in [9.17, 15) is 9.59 Å². The average molecular weight is 471 g/mol. The number of carbonyl (C=O) groups is 2. The van der Waals surface area contributed by atoms with Gasteiger partial charge in [-0.05, 0) is 44.4 Å². The minimum Gasteiger partial charge on any atom is -0.453 e. The van der Waals surface area contributed by atoms with E-state index >= 15 is 0 Å². The molecule has 2 rings (SSSR count). The molecular formula is C21H35BrN4O3. The Hall–Kier alpha value is -1.80. The molecule has 1 aromatic rings. The van der Waals surface area contributed by atoms with Gasteiger partial charge in [-0.3, -0.25) is 4.79 Å². The summed E-state index contributed by atoms with van der Waals surface area (Å²) in [7, 11) is 1.27. The summed E-state index contributed by atoms with van der Waals surface area (Å²) < 4.78 is 5.47. The number of amides is 2. The van der Waals surface area contributed by atoms with Crippen molar-refractivity contribution < 1.29 is 14.3 Å². The van der Waals surface area contributed by atoms with E-state index in [1.165, 1.54) is 13.5 Å². The Labute approximate surface area is 182 Å². The molecule has 8 heteroatoms. The number of ether oxygens (including phenoxy) is 1. The van der Waals surface area contributed by atoms with Crippen LogP contribution in [0.1, 0.15) is 52.5 Å². The van der Waals surface area contributed by atoms with Crippen LogP contribution in [0.3, 0.4) is 0 Å². The number of likely N-dealkylation sites (tertiary alicyclic amines) is 1. The van der Waals surface area contributed by atoms with Crippen LogP contribution in [-0.4, -0.2) is 49.7 Å². The van der Waals surface area contributed by atoms with Crippen molar-refractivity contribution in [3.63, 3.8) is 0 Å². The van der Waals surface area contributed by atoms with Crippen molar-refractivity contribution in [1.82, 2.24) is 10.2 Å².